The van der Waals surface area contributed by atoms with Crippen molar-refractivity contribution >= 4 is 29.9 Å². The average molecular weight is 799 g/mol. The number of carbonyl (C=O) groups excluding carboxylic acids is 5. The zero-order valence-electron chi connectivity index (χ0n) is 31.8. The van der Waals surface area contributed by atoms with Crippen molar-refractivity contribution in [1.82, 2.24) is 34.8 Å². The number of alkyl halides is 3. The van der Waals surface area contributed by atoms with Crippen molar-refractivity contribution in [3.8, 4) is 0 Å². The number of carbonyl (C=O) groups is 5. The monoisotopic (exact) mass is 798 g/mol. The first-order valence-electron chi connectivity index (χ1n) is 18.8. The topological polar surface area (TPSA) is 164 Å². The fourth-order valence-electron chi connectivity index (χ4n) is 8.04. The SMILES string of the molecule is CC(C)C(N)C(=O)C1(C(=O)NC(C(=O)N2CCCC2N(C=O)C(CC(=O)N2CCn3c(nnc3C(F)(F)F)C2)Cc2cc(F)c(F)cc2F)C(C)C)CCCC1. The van der Waals surface area contributed by atoms with Gasteiger partial charge in [0.1, 0.15) is 23.4 Å². The first-order valence-corrected chi connectivity index (χ1v) is 18.8. The molecule has 1 aromatic heterocycles. The van der Waals surface area contributed by atoms with Gasteiger partial charge in [-0.25, -0.2) is 13.2 Å². The van der Waals surface area contributed by atoms with Crippen molar-refractivity contribution in [3.05, 3.63) is 46.8 Å². The highest BCUT2D eigenvalue weighted by atomic mass is 19.4. The van der Waals surface area contributed by atoms with Gasteiger partial charge in [0, 0.05) is 38.2 Å². The van der Waals surface area contributed by atoms with Crippen molar-refractivity contribution in [2.45, 2.75) is 123 Å². The predicted octanol–water partition coefficient (Wildman–Crippen LogP) is 3.72. The van der Waals surface area contributed by atoms with Crippen LogP contribution in [0, 0.1) is 34.7 Å². The quantitative estimate of drug-likeness (QED) is 0.127. The lowest BCUT2D eigenvalue weighted by molar-refractivity contribution is -0.150. The number of likely N-dealkylation sites (tertiary alicyclic amines) is 1. The first-order chi connectivity index (χ1) is 26.3. The van der Waals surface area contributed by atoms with Crippen LogP contribution < -0.4 is 11.1 Å². The zero-order valence-corrected chi connectivity index (χ0v) is 31.8. The molecule has 3 heterocycles. The highest BCUT2D eigenvalue weighted by Crippen LogP contribution is 2.41. The molecule has 0 bridgehead atoms. The Labute approximate surface area is 320 Å². The molecule has 1 aromatic carbocycles. The van der Waals surface area contributed by atoms with Gasteiger partial charge in [-0.3, -0.25) is 24.0 Å². The molecule has 1 saturated heterocycles. The van der Waals surface area contributed by atoms with E-state index in [2.05, 4.69) is 15.5 Å². The number of fused-ring (bicyclic) bond motifs is 1. The van der Waals surface area contributed by atoms with E-state index in [-0.39, 0.29) is 62.7 Å². The van der Waals surface area contributed by atoms with Crippen LogP contribution >= 0.6 is 0 Å². The van der Waals surface area contributed by atoms with Crippen LogP contribution in [0.15, 0.2) is 12.1 Å². The third-order valence-electron chi connectivity index (χ3n) is 11.3. The number of nitrogens with zero attached hydrogens (tertiary/aromatic N) is 6. The third-order valence-corrected chi connectivity index (χ3v) is 11.3. The van der Waals surface area contributed by atoms with E-state index in [1.54, 1.807) is 27.7 Å². The summed E-state index contributed by atoms with van der Waals surface area (Å²) in [7, 11) is 0. The summed E-state index contributed by atoms with van der Waals surface area (Å²) in [5.74, 6) is -8.28. The lowest BCUT2D eigenvalue weighted by atomic mass is 9.75. The summed E-state index contributed by atoms with van der Waals surface area (Å²) in [5, 5.41) is 9.63. The van der Waals surface area contributed by atoms with E-state index in [4.69, 9.17) is 5.73 Å². The molecule has 4 unspecified atom stereocenters. The maximum atomic E-state index is 15.1. The van der Waals surface area contributed by atoms with Gasteiger partial charge >= 0.3 is 6.18 Å². The van der Waals surface area contributed by atoms with Crippen LogP contribution in [0.4, 0.5) is 26.3 Å². The Kier molecular flexibility index (Phi) is 12.8. The summed E-state index contributed by atoms with van der Waals surface area (Å²) in [5.41, 5.74) is 4.45. The fourth-order valence-corrected chi connectivity index (χ4v) is 8.04. The van der Waals surface area contributed by atoms with Gasteiger partial charge < -0.3 is 30.3 Å². The number of rotatable bonds is 14. The Balaban J connectivity index is 1.42. The van der Waals surface area contributed by atoms with Crippen molar-refractivity contribution in [2.75, 3.05) is 13.1 Å². The molecule has 4 amide bonds. The lowest BCUT2D eigenvalue weighted by Crippen LogP contribution is -2.60. The van der Waals surface area contributed by atoms with Crippen molar-refractivity contribution in [3.63, 3.8) is 0 Å². The molecule has 3 N–H and O–H groups in total. The minimum absolute atomic E-state index is 0.124. The number of nitrogens with one attached hydrogen (secondary N) is 1. The van der Waals surface area contributed by atoms with Crippen LogP contribution in [0.3, 0.4) is 0 Å². The number of benzene rings is 1. The molecular weight excluding hydrogens is 750 g/mol. The van der Waals surface area contributed by atoms with Gasteiger partial charge in [-0.05, 0) is 55.6 Å². The molecule has 13 nitrogen and oxygen atoms in total. The van der Waals surface area contributed by atoms with E-state index in [0.717, 1.165) is 9.47 Å². The van der Waals surface area contributed by atoms with Crippen molar-refractivity contribution < 1.29 is 50.3 Å². The summed E-state index contributed by atoms with van der Waals surface area (Å²) < 4.78 is 84.5. The van der Waals surface area contributed by atoms with Gasteiger partial charge in [-0.1, -0.05) is 40.5 Å². The predicted molar refractivity (Wildman–Crippen MR) is 187 cm³/mol. The van der Waals surface area contributed by atoms with E-state index in [1.165, 1.54) is 9.80 Å². The molecule has 2 fully saturated rings. The highest BCUT2D eigenvalue weighted by molar-refractivity contribution is 6.09. The van der Waals surface area contributed by atoms with E-state index in [0.29, 0.717) is 37.8 Å². The van der Waals surface area contributed by atoms with Crippen LogP contribution in [-0.2, 0) is 49.7 Å². The fraction of sp³-hybridized carbons (Fsp3) is 0.649. The normalized spacial score (nSPS) is 19.8. The van der Waals surface area contributed by atoms with Gasteiger partial charge in [0.05, 0.1) is 12.6 Å². The molecule has 5 rings (SSSR count). The van der Waals surface area contributed by atoms with Gasteiger partial charge in [-0.15, -0.1) is 10.2 Å². The molecule has 308 valence electrons. The van der Waals surface area contributed by atoms with Gasteiger partial charge in [-0.2, -0.15) is 13.2 Å². The molecule has 0 radical (unpaired) electrons. The average Bonchev–Trinajstić information content (AvgIpc) is 3.92. The molecule has 4 atom stereocenters. The van der Waals surface area contributed by atoms with Crippen LogP contribution in [0.1, 0.15) is 89.9 Å². The number of Topliss-reactive ketones (excluding diaryl/α,β-unsaturated/α-hetero) is 1. The highest BCUT2D eigenvalue weighted by Gasteiger charge is 2.51. The van der Waals surface area contributed by atoms with Gasteiger partial charge in [0.2, 0.25) is 30.0 Å². The Bertz CT molecular complexity index is 1810. The molecule has 1 saturated carbocycles. The number of aromatic nitrogens is 3. The Morgan fingerprint density at radius 1 is 0.964 bits per heavy atom. The number of nitrogens with two attached hydrogens (primary N) is 1. The summed E-state index contributed by atoms with van der Waals surface area (Å²) in [6.45, 7) is 6.28. The van der Waals surface area contributed by atoms with Crippen LogP contribution in [0.5, 0.6) is 0 Å². The van der Waals surface area contributed by atoms with E-state index in [9.17, 15) is 45.9 Å². The molecular formula is C37H48F6N8O5. The van der Waals surface area contributed by atoms with E-state index < -0.39 is 101 Å². The summed E-state index contributed by atoms with van der Waals surface area (Å²) in [4.78, 5) is 72.5. The lowest BCUT2D eigenvalue weighted by Gasteiger charge is -2.41. The smallest absolute Gasteiger partial charge is 0.343 e. The number of halogens is 6. The van der Waals surface area contributed by atoms with Crippen LogP contribution in [0.2, 0.25) is 0 Å². The second-order valence-electron chi connectivity index (χ2n) is 15.6. The van der Waals surface area contributed by atoms with Crippen LogP contribution in [0.25, 0.3) is 0 Å². The number of ketones is 1. The van der Waals surface area contributed by atoms with E-state index >= 15 is 4.39 Å². The summed E-state index contributed by atoms with van der Waals surface area (Å²) in [6, 6.07) is -2.35. The number of amides is 4. The molecule has 1 aliphatic carbocycles. The largest absolute Gasteiger partial charge is 0.451 e. The minimum Gasteiger partial charge on any atom is -0.343 e. The molecule has 2 aromatic rings. The molecule has 2 aliphatic heterocycles. The number of hydrogen-bond donors (Lipinski definition) is 2. The summed E-state index contributed by atoms with van der Waals surface area (Å²) >= 11 is 0. The Morgan fingerprint density at radius 2 is 1.62 bits per heavy atom. The third kappa shape index (κ3) is 8.56. The molecule has 19 heteroatoms. The Hall–Kier alpha value is -4.55. The molecule has 0 spiro atoms. The second kappa shape index (κ2) is 16.9. The van der Waals surface area contributed by atoms with E-state index in [1.807, 2.05) is 0 Å². The molecule has 3 aliphatic rings. The van der Waals surface area contributed by atoms with Gasteiger partial charge in [0.15, 0.2) is 23.2 Å². The van der Waals surface area contributed by atoms with Crippen molar-refractivity contribution in [1.29, 1.82) is 0 Å². The van der Waals surface area contributed by atoms with Crippen molar-refractivity contribution in [2.24, 2.45) is 23.0 Å². The maximum Gasteiger partial charge on any atom is 0.451 e. The number of hydrogen-bond acceptors (Lipinski definition) is 8. The zero-order chi connectivity index (χ0) is 41.3. The second-order valence-corrected chi connectivity index (χ2v) is 15.6. The Morgan fingerprint density at radius 3 is 2.23 bits per heavy atom. The molecule has 56 heavy (non-hydrogen) atoms. The standard InChI is InChI=1S/C37H48F6N8O5/c1-20(2)30(44)32(54)36(9-5-6-10-36)35(56)45-31(21(3)4)33(55)50-11-7-8-28(50)51(19-52)23(14-22-15-25(39)26(40)17-24(22)38)16-29(53)48-12-13-49-27(18-48)46-47-34(49)37(41,42)43/h15,17,19-21,23,28,30-31H,5-14,16,18,44H2,1-4H3,(H,45,56). The minimum atomic E-state index is -4.78. The summed E-state index contributed by atoms with van der Waals surface area (Å²) in [6.07, 6.45) is -4.09. The van der Waals surface area contributed by atoms with Crippen LogP contribution in [-0.4, -0.2) is 96.8 Å². The van der Waals surface area contributed by atoms with Gasteiger partial charge in [0.25, 0.3) is 0 Å². The first kappa shape index (κ1) is 42.6. The maximum absolute atomic E-state index is 15.1.